The Morgan fingerprint density at radius 1 is 1.17 bits per heavy atom. The Kier molecular flexibility index (Phi) is 8.24. The number of thioether (sulfide) groups is 1. The van der Waals surface area contributed by atoms with Crippen LogP contribution in [0.3, 0.4) is 0 Å². The van der Waals surface area contributed by atoms with E-state index in [2.05, 4.69) is 29.4 Å². The summed E-state index contributed by atoms with van der Waals surface area (Å²) in [5.41, 5.74) is 1.72. The van der Waals surface area contributed by atoms with E-state index in [0.29, 0.717) is 19.0 Å². The fourth-order valence-corrected chi connectivity index (χ4v) is 4.88. The predicted octanol–water partition coefficient (Wildman–Crippen LogP) is 3.05. The van der Waals surface area contributed by atoms with Gasteiger partial charge in [0, 0.05) is 49.4 Å². The summed E-state index contributed by atoms with van der Waals surface area (Å²) in [6.07, 6.45) is 2.96. The van der Waals surface area contributed by atoms with Crippen molar-refractivity contribution < 1.29 is 9.59 Å². The monoisotopic (exact) mass is 418 g/mol. The standard InChI is InChI=1S/C22H34N4O2S/c1-17-4-3-9-26(16-17)18(2)15-23-22(28)24-20-7-5-19(6-8-20)14-21(27)25-10-12-29-13-11-25/h5-8,17-18H,3-4,9-16H2,1-2H3,(H2,23,24,28). The highest BCUT2D eigenvalue weighted by Gasteiger charge is 2.21. The molecule has 3 rings (SSSR count). The van der Waals surface area contributed by atoms with Crippen LogP contribution in [-0.4, -0.2) is 72.0 Å². The van der Waals surface area contributed by atoms with Gasteiger partial charge in [0.05, 0.1) is 6.42 Å². The number of carbonyl (C=O) groups excluding carboxylic acids is 2. The molecule has 1 aromatic carbocycles. The molecule has 2 aliphatic rings. The Balaban J connectivity index is 1.40. The fraction of sp³-hybridized carbons (Fsp3) is 0.636. The van der Waals surface area contributed by atoms with Crippen LogP contribution in [0.4, 0.5) is 10.5 Å². The maximum absolute atomic E-state index is 12.4. The van der Waals surface area contributed by atoms with Crippen LogP contribution in [0.15, 0.2) is 24.3 Å². The third kappa shape index (κ3) is 6.93. The molecule has 2 unspecified atom stereocenters. The van der Waals surface area contributed by atoms with Gasteiger partial charge >= 0.3 is 6.03 Å². The van der Waals surface area contributed by atoms with Crippen molar-refractivity contribution in [3.8, 4) is 0 Å². The summed E-state index contributed by atoms with van der Waals surface area (Å²) in [6.45, 7) is 9.02. The van der Waals surface area contributed by atoms with E-state index in [1.165, 1.54) is 12.8 Å². The summed E-state index contributed by atoms with van der Waals surface area (Å²) in [5.74, 6) is 2.97. The lowest BCUT2D eigenvalue weighted by molar-refractivity contribution is -0.130. The number of anilines is 1. The highest BCUT2D eigenvalue weighted by atomic mass is 32.2. The van der Waals surface area contributed by atoms with E-state index in [0.717, 1.165) is 54.9 Å². The largest absolute Gasteiger partial charge is 0.341 e. The maximum Gasteiger partial charge on any atom is 0.319 e. The van der Waals surface area contributed by atoms with Crippen molar-refractivity contribution in [1.82, 2.24) is 15.1 Å². The average molecular weight is 419 g/mol. The van der Waals surface area contributed by atoms with Crippen LogP contribution < -0.4 is 10.6 Å². The van der Waals surface area contributed by atoms with Gasteiger partial charge in [-0.15, -0.1) is 0 Å². The van der Waals surface area contributed by atoms with Crippen molar-refractivity contribution in [3.63, 3.8) is 0 Å². The van der Waals surface area contributed by atoms with E-state index in [1.807, 2.05) is 40.9 Å². The van der Waals surface area contributed by atoms with E-state index in [-0.39, 0.29) is 11.9 Å². The first-order valence-corrected chi connectivity index (χ1v) is 11.9. The Hall–Kier alpha value is -1.73. The van der Waals surface area contributed by atoms with E-state index in [9.17, 15) is 9.59 Å². The lowest BCUT2D eigenvalue weighted by atomic mass is 9.99. The molecule has 0 saturated carbocycles. The molecule has 1 aromatic rings. The first kappa shape index (κ1) is 22.0. The number of nitrogens with zero attached hydrogens (tertiary/aromatic N) is 2. The van der Waals surface area contributed by atoms with Gasteiger partial charge in [-0.2, -0.15) is 11.8 Å². The van der Waals surface area contributed by atoms with Crippen molar-refractivity contribution in [3.05, 3.63) is 29.8 Å². The molecule has 160 valence electrons. The number of urea groups is 1. The summed E-state index contributed by atoms with van der Waals surface area (Å²) in [7, 11) is 0. The van der Waals surface area contributed by atoms with E-state index in [4.69, 9.17) is 0 Å². The second-order valence-corrected chi connectivity index (χ2v) is 9.52. The first-order chi connectivity index (χ1) is 14.0. The molecule has 2 aliphatic heterocycles. The predicted molar refractivity (Wildman–Crippen MR) is 121 cm³/mol. The van der Waals surface area contributed by atoms with Crippen LogP contribution in [-0.2, 0) is 11.2 Å². The minimum Gasteiger partial charge on any atom is -0.341 e. The quantitative estimate of drug-likeness (QED) is 0.745. The highest BCUT2D eigenvalue weighted by Crippen LogP contribution is 2.17. The van der Waals surface area contributed by atoms with Gasteiger partial charge in [0.25, 0.3) is 0 Å². The molecular weight excluding hydrogens is 384 g/mol. The van der Waals surface area contributed by atoms with Gasteiger partial charge in [-0.3, -0.25) is 9.69 Å². The zero-order chi connectivity index (χ0) is 20.6. The molecule has 0 spiro atoms. The van der Waals surface area contributed by atoms with Crippen LogP contribution >= 0.6 is 11.8 Å². The summed E-state index contributed by atoms with van der Waals surface area (Å²) < 4.78 is 0. The molecule has 29 heavy (non-hydrogen) atoms. The number of likely N-dealkylation sites (tertiary alicyclic amines) is 1. The number of hydrogen-bond donors (Lipinski definition) is 2. The van der Waals surface area contributed by atoms with Crippen molar-refractivity contribution in [2.45, 2.75) is 39.2 Å². The van der Waals surface area contributed by atoms with E-state index < -0.39 is 0 Å². The second-order valence-electron chi connectivity index (χ2n) is 8.29. The zero-order valence-electron chi connectivity index (χ0n) is 17.7. The van der Waals surface area contributed by atoms with Crippen molar-refractivity contribution >= 4 is 29.4 Å². The molecule has 2 N–H and O–H groups in total. The van der Waals surface area contributed by atoms with E-state index in [1.54, 1.807) is 0 Å². The molecule has 2 saturated heterocycles. The van der Waals surface area contributed by atoms with Crippen LogP contribution in [0.25, 0.3) is 0 Å². The number of carbonyl (C=O) groups is 2. The molecule has 0 radical (unpaired) electrons. The average Bonchev–Trinajstić information content (AvgIpc) is 2.74. The second kappa shape index (κ2) is 10.9. The molecule has 2 heterocycles. The van der Waals surface area contributed by atoms with Gasteiger partial charge in [-0.1, -0.05) is 19.1 Å². The molecular formula is C22H34N4O2S. The molecule has 2 atom stereocenters. The highest BCUT2D eigenvalue weighted by molar-refractivity contribution is 7.99. The smallest absolute Gasteiger partial charge is 0.319 e. The lowest BCUT2D eigenvalue weighted by Crippen LogP contribution is -2.47. The SMILES string of the molecule is CC1CCCN(C(C)CNC(=O)Nc2ccc(CC(=O)N3CCSCC3)cc2)C1. The third-order valence-electron chi connectivity index (χ3n) is 5.80. The van der Waals surface area contributed by atoms with E-state index >= 15 is 0 Å². The van der Waals surface area contributed by atoms with Crippen molar-refractivity contribution in [2.75, 3.05) is 49.5 Å². The van der Waals surface area contributed by atoms with Gasteiger partial charge < -0.3 is 15.5 Å². The summed E-state index contributed by atoms with van der Waals surface area (Å²) in [4.78, 5) is 29.0. The zero-order valence-corrected chi connectivity index (χ0v) is 18.5. The summed E-state index contributed by atoms with van der Waals surface area (Å²) >= 11 is 1.90. The van der Waals surface area contributed by atoms with Crippen LogP contribution in [0.2, 0.25) is 0 Å². The number of amides is 3. The minimum absolute atomic E-state index is 0.184. The Labute approximate surface area is 178 Å². The van der Waals surface area contributed by atoms with Crippen molar-refractivity contribution in [2.24, 2.45) is 5.92 Å². The van der Waals surface area contributed by atoms with Crippen LogP contribution in [0, 0.1) is 5.92 Å². The molecule has 3 amide bonds. The van der Waals surface area contributed by atoms with Crippen LogP contribution in [0.1, 0.15) is 32.3 Å². The fourth-order valence-electron chi connectivity index (χ4n) is 3.98. The molecule has 2 fully saturated rings. The Morgan fingerprint density at radius 2 is 1.90 bits per heavy atom. The third-order valence-corrected chi connectivity index (χ3v) is 6.74. The van der Waals surface area contributed by atoms with Gasteiger partial charge in [-0.05, 0) is 49.9 Å². The van der Waals surface area contributed by atoms with Gasteiger partial charge in [0.15, 0.2) is 0 Å². The number of rotatable bonds is 6. The summed E-state index contributed by atoms with van der Waals surface area (Å²) in [5, 5.41) is 5.86. The maximum atomic E-state index is 12.4. The Bertz CT molecular complexity index is 676. The van der Waals surface area contributed by atoms with Gasteiger partial charge in [0.2, 0.25) is 5.91 Å². The topological polar surface area (TPSA) is 64.7 Å². The molecule has 0 aromatic heterocycles. The minimum atomic E-state index is -0.184. The lowest BCUT2D eigenvalue weighted by Gasteiger charge is -2.35. The molecule has 0 aliphatic carbocycles. The Morgan fingerprint density at radius 3 is 2.59 bits per heavy atom. The summed E-state index contributed by atoms with van der Waals surface area (Å²) in [6, 6.07) is 7.73. The van der Waals surface area contributed by atoms with Gasteiger partial charge in [0.1, 0.15) is 0 Å². The number of hydrogen-bond acceptors (Lipinski definition) is 4. The van der Waals surface area contributed by atoms with Crippen molar-refractivity contribution in [1.29, 1.82) is 0 Å². The number of nitrogens with one attached hydrogen (secondary N) is 2. The molecule has 7 heteroatoms. The van der Waals surface area contributed by atoms with Crippen LogP contribution in [0.5, 0.6) is 0 Å². The number of benzene rings is 1. The molecule has 6 nitrogen and oxygen atoms in total. The number of piperidine rings is 1. The normalized spacial score (nSPS) is 21.4. The molecule has 0 bridgehead atoms. The first-order valence-electron chi connectivity index (χ1n) is 10.7. The van der Waals surface area contributed by atoms with Gasteiger partial charge in [-0.25, -0.2) is 4.79 Å².